The molecule has 1 aromatic carbocycles. The van der Waals surface area contributed by atoms with Gasteiger partial charge in [-0.25, -0.2) is 0 Å². The summed E-state index contributed by atoms with van der Waals surface area (Å²) in [6, 6.07) is 9.17. The summed E-state index contributed by atoms with van der Waals surface area (Å²) in [7, 11) is 0. The number of piperazine rings is 1. The van der Waals surface area contributed by atoms with Crippen LogP contribution in [0.2, 0.25) is 0 Å². The van der Waals surface area contributed by atoms with Crippen LogP contribution < -0.4 is 5.32 Å². The topological polar surface area (TPSA) is 62.3 Å². The zero-order valence-corrected chi connectivity index (χ0v) is 13.5. The molecule has 5 heteroatoms. The van der Waals surface area contributed by atoms with Crippen molar-refractivity contribution >= 4 is 22.6 Å². The van der Waals surface area contributed by atoms with Crippen molar-refractivity contribution in [2.24, 2.45) is 5.92 Å². The molecule has 1 aliphatic rings. The average molecular weight is 311 g/mol. The minimum atomic E-state index is -0.419. The third-order valence-corrected chi connectivity index (χ3v) is 4.16. The van der Waals surface area contributed by atoms with Crippen molar-refractivity contribution in [2.75, 3.05) is 13.1 Å². The van der Waals surface area contributed by atoms with Crippen molar-refractivity contribution in [3.05, 3.63) is 42.2 Å². The van der Waals surface area contributed by atoms with Gasteiger partial charge in [0.1, 0.15) is 11.7 Å². The standard InChI is InChI=1S/C18H21N3O2/c1-12(2)11-15-17(22)20-9-10-21(15)18(23)16-14-6-4-3-5-13(14)7-8-19-16/h3-8,12,15H,9-11H2,1-2H3,(H,20,22)/t15-/m0/s1. The smallest absolute Gasteiger partial charge is 0.273 e. The maximum atomic E-state index is 13.0. The van der Waals surface area contributed by atoms with Gasteiger partial charge in [0.15, 0.2) is 0 Å². The second-order valence-electron chi connectivity index (χ2n) is 6.32. The van der Waals surface area contributed by atoms with E-state index in [1.54, 1.807) is 11.1 Å². The first-order valence-electron chi connectivity index (χ1n) is 8.00. The highest BCUT2D eigenvalue weighted by atomic mass is 16.2. The maximum absolute atomic E-state index is 13.0. The van der Waals surface area contributed by atoms with Crippen LogP contribution >= 0.6 is 0 Å². The van der Waals surface area contributed by atoms with Gasteiger partial charge in [-0.2, -0.15) is 0 Å². The van der Waals surface area contributed by atoms with Crippen LogP contribution in [0.5, 0.6) is 0 Å². The van der Waals surface area contributed by atoms with Crippen LogP contribution in [0.25, 0.3) is 10.8 Å². The van der Waals surface area contributed by atoms with Gasteiger partial charge in [0, 0.05) is 24.7 Å². The Morgan fingerprint density at radius 3 is 2.91 bits per heavy atom. The van der Waals surface area contributed by atoms with Crippen LogP contribution in [0.15, 0.2) is 36.5 Å². The molecule has 5 nitrogen and oxygen atoms in total. The lowest BCUT2D eigenvalue weighted by Crippen LogP contribution is -2.57. The van der Waals surface area contributed by atoms with E-state index in [4.69, 9.17) is 0 Å². The Morgan fingerprint density at radius 2 is 2.13 bits per heavy atom. The first-order chi connectivity index (χ1) is 11.1. The number of hydrogen-bond donors (Lipinski definition) is 1. The molecule has 0 spiro atoms. The maximum Gasteiger partial charge on any atom is 0.273 e. The number of nitrogens with zero attached hydrogens (tertiary/aromatic N) is 2. The fourth-order valence-corrected chi connectivity index (χ4v) is 3.06. The number of rotatable bonds is 3. The van der Waals surface area contributed by atoms with Gasteiger partial charge >= 0.3 is 0 Å². The zero-order valence-electron chi connectivity index (χ0n) is 13.5. The Kier molecular flexibility index (Phi) is 4.28. The molecule has 3 rings (SSSR count). The van der Waals surface area contributed by atoms with E-state index in [0.717, 1.165) is 10.8 Å². The molecule has 1 aromatic heterocycles. The number of aromatic nitrogens is 1. The first-order valence-corrected chi connectivity index (χ1v) is 8.00. The van der Waals surface area contributed by atoms with Crippen molar-refractivity contribution in [2.45, 2.75) is 26.3 Å². The fraction of sp³-hybridized carbons (Fsp3) is 0.389. The lowest BCUT2D eigenvalue weighted by molar-refractivity contribution is -0.128. The van der Waals surface area contributed by atoms with Crippen LogP contribution in [0, 0.1) is 5.92 Å². The average Bonchev–Trinajstić information content (AvgIpc) is 2.55. The molecule has 1 aliphatic heterocycles. The van der Waals surface area contributed by atoms with Crippen LogP contribution in [0.1, 0.15) is 30.8 Å². The molecule has 0 aliphatic carbocycles. The van der Waals surface area contributed by atoms with Crippen molar-refractivity contribution < 1.29 is 9.59 Å². The molecular formula is C18H21N3O2. The van der Waals surface area contributed by atoms with E-state index in [2.05, 4.69) is 24.1 Å². The minimum absolute atomic E-state index is 0.0708. The molecule has 0 bridgehead atoms. The Hall–Kier alpha value is -2.43. The summed E-state index contributed by atoms with van der Waals surface area (Å²) in [6.45, 7) is 5.12. The first kappa shape index (κ1) is 15.5. The Bertz CT molecular complexity index is 737. The minimum Gasteiger partial charge on any atom is -0.353 e. The second-order valence-corrected chi connectivity index (χ2v) is 6.32. The highest BCUT2D eigenvalue weighted by Gasteiger charge is 2.34. The zero-order chi connectivity index (χ0) is 16.4. The Balaban J connectivity index is 1.98. The lowest BCUT2D eigenvalue weighted by atomic mass is 9.99. The molecule has 1 saturated heterocycles. The second kappa shape index (κ2) is 6.36. The molecule has 23 heavy (non-hydrogen) atoms. The molecular weight excluding hydrogens is 290 g/mol. The number of nitrogens with one attached hydrogen (secondary N) is 1. The summed E-state index contributed by atoms with van der Waals surface area (Å²) in [5.74, 6) is 0.0977. The Morgan fingerprint density at radius 1 is 1.35 bits per heavy atom. The predicted octanol–water partition coefficient (Wildman–Crippen LogP) is 2.22. The van der Waals surface area contributed by atoms with Gasteiger partial charge in [0.2, 0.25) is 5.91 Å². The quantitative estimate of drug-likeness (QED) is 0.945. The van der Waals surface area contributed by atoms with Gasteiger partial charge in [-0.05, 0) is 23.8 Å². The van der Waals surface area contributed by atoms with E-state index in [1.165, 1.54) is 0 Å². The number of pyridine rings is 1. The van der Waals surface area contributed by atoms with Crippen molar-refractivity contribution in [1.29, 1.82) is 0 Å². The van der Waals surface area contributed by atoms with Crippen molar-refractivity contribution in [1.82, 2.24) is 15.2 Å². The molecule has 0 radical (unpaired) electrons. The van der Waals surface area contributed by atoms with E-state index in [-0.39, 0.29) is 11.8 Å². The lowest BCUT2D eigenvalue weighted by Gasteiger charge is -2.35. The molecule has 120 valence electrons. The molecule has 2 amide bonds. The predicted molar refractivity (Wildman–Crippen MR) is 89.0 cm³/mol. The number of fused-ring (bicyclic) bond motifs is 1. The van der Waals surface area contributed by atoms with Crippen LogP contribution in [-0.4, -0.2) is 40.8 Å². The summed E-state index contributed by atoms with van der Waals surface area (Å²) < 4.78 is 0. The summed E-state index contributed by atoms with van der Waals surface area (Å²) in [4.78, 5) is 31.2. The van der Waals surface area contributed by atoms with Crippen LogP contribution in [-0.2, 0) is 4.79 Å². The van der Waals surface area contributed by atoms with Gasteiger partial charge in [0.05, 0.1) is 0 Å². The van der Waals surface area contributed by atoms with Gasteiger partial charge in [-0.3, -0.25) is 14.6 Å². The monoisotopic (exact) mass is 311 g/mol. The third-order valence-electron chi connectivity index (χ3n) is 4.16. The fourth-order valence-electron chi connectivity index (χ4n) is 3.06. The van der Waals surface area contributed by atoms with E-state index in [1.807, 2.05) is 30.3 Å². The molecule has 2 heterocycles. The van der Waals surface area contributed by atoms with Crippen LogP contribution in [0.3, 0.4) is 0 Å². The Labute approximate surface area is 135 Å². The van der Waals surface area contributed by atoms with Crippen molar-refractivity contribution in [3.8, 4) is 0 Å². The molecule has 1 atom stereocenters. The molecule has 1 N–H and O–H groups in total. The van der Waals surface area contributed by atoms with Crippen LogP contribution in [0.4, 0.5) is 0 Å². The SMILES string of the molecule is CC(C)C[C@H]1C(=O)NCCN1C(=O)c1nccc2ccccc12. The van der Waals surface area contributed by atoms with Gasteiger partial charge in [0.25, 0.3) is 5.91 Å². The van der Waals surface area contributed by atoms with Gasteiger partial charge < -0.3 is 10.2 Å². The van der Waals surface area contributed by atoms with Gasteiger partial charge in [-0.15, -0.1) is 0 Å². The van der Waals surface area contributed by atoms with E-state index < -0.39 is 6.04 Å². The van der Waals surface area contributed by atoms with E-state index >= 15 is 0 Å². The number of amides is 2. The number of hydrogen-bond acceptors (Lipinski definition) is 3. The molecule has 0 unspecified atom stereocenters. The van der Waals surface area contributed by atoms with Crippen molar-refractivity contribution in [3.63, 3.8) is 0 Å². The number of carbonyl (C=O) groups is 2. The third kappa shape index (κ3) is 3.04. The normalized spacial score (nSPS) is 18.3. The highest BCUT2D eigenvalue weighted by Crippen LogP contribution is 2.21. The largest absolute Gasteiger partial charge is 0.353 e. The molecule has 1 fully saturated rings. The number of benzene rings is 1. The van der Waals surface area contributed by atoms with E-state index in [0.29, 0.717) is 31.1 Å². The van der Waals surface area contributed by atoms with Gasteiger partial charge in [-0.1, -0.05) is 38.1 Å². The molecule has 0 saturated carbocycles. The summed E-state index contributed by atoms with van der Waals surface area (Å²) in [5, 5.41) is 4.67. The molecule has 2 aromatic rings. The summed E-state index contributed by atoms with van der Waals surface area (Å²) >= 11 is 0. The van der Waals surface area contributed by atoms with E-state index in [9.17, 15) is 9.59 Å². The summed E-state index contributed by atoms with van der Waals surface area (Å²) in [6.07, 6.45) is 2.30. The summed E-state index contributed by atoms with van der Waals surface area (Å²) in [5.41, 5.74) is 0.423. The highest BCUT2D eigenvalue weighted by molar-refractivity contribution is 6.06. The number of carbonyl (C=O) groups excluding carboxylic acids is 2.